The summed E-state index contributed by atoms with van der Waals surface area (Å²) in [5, 5.41) is 9.30. The molecule has 0 unspecified atom stereocenters. The van der Waals surface area contributed by atoms with Gasteiger partial charge in [-0.1, -0.05) is 13.8 Å². The third-order valence-electron chi connectivity index (χ3n) is 4.99. The highest BCUT2D eigenvalue weighted by Gasteiger charge is 2.28. The van der Waals surface area contributed by atoms with E-state index in [1.165, 1.54) is 0 Å². The average molecular weight is 364 g/mol. The highest BCUT2D eigenvalue weighted by Crippen LogP contribution is 2.25. The maximum atomic E-state index is 12.9. The molecule has 1 amide bonds. The number of carbonyl (C=O) groups is 1. The van der Waals surface area contributed by atoms with Crippen LogP contribution in [-0.4, -0.2) is 83.7 Å². The number of aliphatic hydroxyl groups is 1. The zero-order chi connectivity index (χ0) is 19.4. The number of aliphatic hydroxyl groups excluding tert-OH is 1. The molecule has 1 aromatic rings. The van der Waals surface area contributed by atoms with E-state index in [2.05, 4.69) is 47.7 Å². The summed E-state index contributed by atoms with van der Waals surface area (Å²) in [6, 6.07) is 0.496. The molecule has 1 aliphatic rings. The lowest BCUT2D eigenvalue weighted by Crippen LogP contribution is -2.38. The molecule has 2 rings (SSSR count). The molecule has 0 saturated carbocycles. The van der Waals surface area contributed by atoms with Gasteiger partial charge in [-0.15, -0.1) is 0 Å². The topological polar surface area (TPSA) is 72.8 Å². The molecule has 1 saturated heterocycles. The number of carbonyl (C=O) groups excluding carboxylic acids is 1. The van der Waals surface area contributed by atoms with Gasteiger partial charge in [0.05, 0.1) is 6.61 Å². The molecular formula is C19H33N5O2. The Morgan fingerprint density at radius 2 is 2.00 bits per heavy atom. The predicted molar refractivity (Wildman–Crippen MR) is 104 cm³/mol. The molecule has 0 radical (unpaired) electrons. The van der Waals surface area contributed by atoms with Crippen LogP contribution < -0.4 is 4.90 Å². The van der Waals surface area contributed by atoms with Gasteiger partial charge in [0.25, 0.3) is 5.91 Å². The molecule has 1 aromatic heterocycles. The van der Waals surface area contributed by atoms with E-state index in [4.69, 9.17) is 0 Å². The second-order valence-electron chi connectivity index (χ2n) is 7.80. The van der Waals surface area contributed by atoms with Crippen molar-refractivity contribution in [1.29, 1.82) is 0 Å². The van der Waals surface area contributed by atoms with Crippen molar-refractivity contribution in [2.24, 2.45) is 5.92 Å². The van der Waals surface area contributed by atoms with Gasteiger partial charge in [0.2, 0.25) is 5.82 Å². The van der Waals surface area contributed by atoms with Crippen LogP contribution in [0, 0.1) is 19.8 Å². The first-order chi connectivity index (χ1) is 12.2. The van der Waals surface area contributed by atoms with Crippen LogP contribution in [0.15, 0.2) is 0 Å². The molecule has 2 heterocycles. The van der Waals surface area contributed by atoms with E-state index in [9.17, 15) is 9.90 Å². The Hall–Kier alpha value is -1.73. The van der Waals surface area contributed by atoms with E-state index in [1.807, 2.05) is 13.8 Å². The second-order valence-corrected chi connectivity index (χ2v) is 7.80. The zero-order valence-corrected chi connectivity index (χ0v) is 17.0. The summed E-state index contributed by atoms with van der Waals surface area (Å²) in [4.78, 5) is 28.2. The first kappa shape index (κ1) is 20.6. The van der Waals surface area contributed by atoms with E-state index in [0.717, 1.165) is 36.6 Å². The molecule has 1 N–H and O–H groups in total. The zero-order valence-electron chi connectivity index (χ0n) is 17.0. The smallest absolute Gasteiger partial charge is 0.291 e. The largest absolute Gasteiger partial charge is 0.395 e. The second kappa shape index (κ2) is 8.77. The summed E-state index contributed by atoms with van der Waals surface area (Å²) in [5.41, 5.74) is 1.86. The molecule has 26 heavy (non-hydrogen) atoms. The summed E-state index contributed by atoms with van der Waals surface area (Å²) >= 11 is 0. The Labute approximate surface area is 157 Å². The third-order valence-corrected chi connectivity index (χ3v) is 4.99. The lowest BCUT2D eigenvalue weighted by Gasteiger charge is -2.25. The fourth-order valence-electron chi connectivity index (χ4n) is 3.35. The van der Waals surface area contributed by atoms with Crippen molar-refractivity contribution in [3.8, 4) is 0 Å². The van der Waals surface area contributed by atoms with Gasteiger partial charge < -0.3 is 19.8 Å². The van der Waals surface area contributed by atoms with E-state index in [1.54, 1.807) is 4.90 Å². The van der Waals surface area contributed by atoms with Crippen molar-refractivity contribution in [2.45, 2.75) is 40.2 Å². The fourth-order valence-corrected chi connectivity index (χ4v) is 3.35. The van der Waals surface area contributed by atoms with Crippen molar-refractivity contribution < 1.29 is 9.90 Å². The number of nitrogens with zero attached hydrogens (tertiary/aromatic N) is 5. The highest BCUT2D eigenvalue weighted by atomic mass is 16.3. The van der Waals surface area contributed by atoms with E-state index < -0.39 is 0 Å². The van der Waals surface area contributed by atoms with Gasteiger partial charge >= 0.3 is 0 Å². The Morgan fingerprint density at radius 1 is 1.31 bits per heavy atom. The first-order valence-electron chi connectivity index (χ1n) is 9.41. The number of anilines is 1. The lowest BCUT2D eigenvalue weighted by atomic mass is 10.2. The van der Waals surface area contributed by atoms with Gasteiger partial charge in [0.1, 0.15) is 5.82 Å². The molecule has 1 atom stereocenters. The quantitative estimate of drug-likeness (QED) is 0.788. The van der Waals surface area contributed by atoms with Gasteiger partial charge in [-0.25, -0.2) is 9.97 Å². The van der Waals surface area contributed by atoms with Crippen molar-refractivity contribution in [1.82, 2.24) is 19.8 Å². The molecular weight excluding hydrogens is 330 g/mol. The first-order valence-corrected chi connectivity index (χ1v) is 9.41. The molecule has 146 valence electrons. The summed E-state index contributed by atoms with van der Waals surface area (Å²) in [6.45, 7) is 10.7. The maximum absolute atomic E-state index is 12.9. The van der Waals surface area contributed by atoms with Gasteiger partial charge in [0.15, 0.2) is 0 Å². The molecule has 0 spiro atoms. The summed E-state index contributed by atoms with van der Waals surface area (Å²) in [5.74, 6) is 1.20. The van der Waals surface area contributed by atoms with Gasteiger partial charge in [0, 0.05) is 43.5 Å². The highest BCUT2D eigenvalue weighted by molar-refractivity contribution is 5.91. The van der Waals surface area contributed by atoms with E-state index in [0.29, 0.717) is 25.0 Å². The summed E-state index contributed by atoms with van der Waals surface area (Å²) in [7, 11) is 4.19. The van der Waals surface area contributed by atoms with Gasteiger partial charge in [-0.05, 0) is 40.3 Å². The van der Waals surface area contributed by atoms with Crippen LogP contribution in [0.5, 0.6) is 0 Å². The number of hydrogen-bond acceptors (Lipinski definition) is 6. The predicted octanol–water partition coefficient (Wildman–Crippen LogP) is 1.32. The number of likely N-dealkylation sites (N-methyl/N-ethyl adjacent to an activating group) is 1. The molecule has 0 bridgehead atoms. The van der Waals surface area contributed by atoms with Crippen molar-refractivity contribution in [3.05, 3.63) is 17.1 Å². The SMILES string of the molecule is Cc1nc(C(=O)N(CCO)CC(C)C)nc(N2CC[C@@H](N(C)C)C2)c1C. The molecule has 7 heteroatoms. The van der Waals surface area contributed by atoms with Crippen LogP contribution in [0.4, 0.5) is 5.82 Å². The minimum absolute atomic E-state index is 0.0627. The molecule has 7 nitrogen and oxygen atoms in total. The Kier molecular flexibility index (Phi) is 6.94. The lowest BCUT2D eigenvalue weighted by molar-refractivity contribution is 0.0687. The number of hydrogen-bond donors (Lipinski definition) is 1. The number of rotatable bonds is 7. The van der Waals surface area contributed by atoms with Crippen molar-refractivity contribution >= 4 is 11.7 Å². The normalized spacial score (nSPS) is 17.4. The van der Waals surface area contributed by atoms with E-state index in [-0.39, 0.29) is 18.3 Å². The molecule has 0 aromatic carbocycles. The standard InChI is InChI=1S/C19H33N5O2/c1-13(2)11-24(9-10-25)19(26)17-20-15(4)14(3)18(21-17)23-8-7-16(12-23)22(5)6/h13,16,25H,7-12H2,1-6H3/t16-/m1/s1. The number of amides is 1. The van der Waals surface area contributed by atoms with Gasteiger partial charge in [-0.3, -0.25) is 4.79 Å². The Balaban J connectivity index is 2.30. The van der Waals surface area contributed by atoms with Crippen LogP contribution >= 0.6 is 0 Å². The fraction of sp³-hybridized carbons (Fsp3) is 0.737. The monoisotopic (exact) mass is 363 g/mol. The summed E-state index contributed by atoms with van der Waals surface area (Å²) in [6.07, 6.45) is 1.09. The van der Waals surface area contributed by atoms with E-state index >= 15 is 0 Å². The third kappa shape index (κ3) is 4.71. The number of aryl methyl sites for hydroxylation is 1. The van der Waals surface area contributed by atoms with Crippen LogP contribution in [0.25, 0.3) is 0 Å². The number of aromatic nitrogens is 2. The van der Waals surface area contributed by atoms with Crippen molar-refractivity contribution in [2.75, 3.05) is 51.8 Å². The van der Waals surface area contributed by atoms with Crippen molar-refractivity contribution in [3.63, 3.8) is 0 Å². The minimum atomic E-state index is -0.208. The Morgan fingerprint density at radius 3 is 2.54 bits per heavy atom. The summed E-state index contributed by atoms with van der Waals surface area (Å²) < 4.78 is 0. The van der Waals surface area contributed by atoms with Gasteiger partial charge in [-0.2, -0.15) is 0 Å². The van der Waals surface area contributed by atoms with Crippen LogP contribution in [0.1, 0.15) is 42.1 Å². The maximum Gasteiger partial charge on any atom is 0.291 e. The van der Waals surface area contributed by atoms with Crippen LogP contribution in [-0.2, 0) is 0 Å². The molecule has 1 aliphatic heterocycles. The Bertz CT molecular complexity index is 633. The van der Waals surface area contributed by atoms with Crippen LogP contribution in [0.3, 0.4) is 0 Å². The van der Waals surface area contributed by atoms with Crippen LogP contribution in [0.2, 0.25) is 0 Å². The minimum Gasteiger partial charge on any atom is -0.395 e. The molecule has 1 fully saturated rings. The molecule has 0 aliphatic carbocycles. The average Bonchev–Trinajstić information content (AvgIpc) is 3.06.